The summed E-state index contributed by atoms with van der Waals surface area (Å²) in [5, 5.41) is 8.01. The van der Waals surface area contributed by atoms with E-state index in [1.165, 1.54) is 32.1 Å². The van der Waals surface area contributed by atoms with Gasteiger partial charge in [0.1, 0.15) is 12.2 Å². The number of aryl methyl sites for hydroxylation is 1. The number of nitrogens with zero attached hydrogens (tertiary/aromatic N) is 3. The molecule has 16 heavy (non-hydrogen) atoms. The Bertz CT molecular complexity index is 346. The van der Waals surface area contributed by atoms with Crippen molar-refractivity contribution >= 4 is 0 Å². The molecule has 0 aromatic carbocycles. The highest BCUT2D eigenvalue weighted by Crippen LogP contribution is 2.38. The average Bonchev–Trinajstić information content (AvgIpc) is 2.94. The van der Waals surface area contributed by atoms with E-state index < -0.39 is 0 Å². The predicted molar refractivity (Wildman–Crippen MR) is 61.9 cm³/mol. The van der Waals surface area contributed by atoms with Crippen molar-refractivity contribution in [3.05, 3.63) is 12.2 Å². The van der Waals surface area contributed by atoms with Gasteiger partial charge in [-0.1, -0.05) is 12.8 Å². The van der Waals surface area contributed by atoms with Gasteiger partial charge in [0, 0.05) is 12.6 Å². The standard InChI is InChI=1S/C12H20N4/c1-2-16-12(13-8-14-16)11-7-9-5-3-4-6-10(9)15-11/h8-11,15H,2-7H2,1H3. The fourth-order valence-electron chi connectivity index (χ4n) is 3.30. The first-order chi connectivity index (χ1) is 7.88. The lowest BCUT2D eigenvalue weighted by atomic mass is 9.85. The third-order valence-electron chi connectivity index (χ3n) is 4.12. The minimum atomic E-state index is 0.440. The Morgan fingerprint density at radius 1 is 1.44 bits per heavy atom. The van der Waals surface area contributed by atoms with E-state index in [-0.39, 0.29) is 0 Å². The summed E-state index contributed by atoms with van der Waals surface area (Å²) in [5.41, 5.74) is 0. The molecule has 2 fully saturated rings. The topological polar surface area (TPSA) is 42.7 Å². The zero-order valence-electron chi connectivity index (χ0n) is 9.89. The van der Waals surface area contributed by atoms with Crippen molar-refractivity contribution in [2.45, 2.75) is 57.7 Å². The number of hydrogen-bond acceptors (Lipinski definition) is 3. The van der Waals surface area contributed by atoms with Gasteiger partial charge in [-0.05, 0) is 32.1 Å². The number of rotatable bonds is 2. The van der Waals surface area contributed by atoms with Crippen molar-refractivity contribution in [2.75, 3.05) is 0 Å². The molecule has 1 aromatic rings. The van der Waals surface area contributed by atoms with Gasteiger partial charge < -0.3 is 5.32 Å². The van der Waals surface area contributed by atoms with Crippen molar-refractivity contribution < 1.29 is 0 Å². The van der Waals surface area contributed by atoms with Gasteiger partial charge in [-0.15, -0.1) is 0 Å². The van der Waals surface area contributed by atoms with Gasteiger partial charge in [0.25, 0.3) is 0 Å². The minimum absolute atomic E-state index is 0.440. The molecule has 1 saturated heterocycles. The molecule has 4 nitrogen and oxygen atoms in total. The van der Waals surface area contributed by atoms with Crippen LogP contribution in [0.1, 0.15) is 50.9 Å². The molecule has 0 radical (unpaired) electrons. The lowest BCUT2D eigenvalue weighted by Gasteiger charge is -2.24. The number of aromatic nitrogens is 3. The SMILES string of the molecule is CCn1ncnc1C1CC2CCCCC2N1. The third kappa shape index (κ3) is 1.65. The summed E-state index contributed by atoms with van der Waals surface area (Å²) in [6, 6.07) is 1.18. The number of hydrogen-bond donors (Lipinski definition) is 1. The molecule has 3 atom stereocenters. The molecule has 1 aliphatic heterocycles. The van der Waals surface area contributed by atoms with Crippen LogP contribution < -0.4 is 5.32 Å². The summed E-state index contributed by atoms with van der Waals surface area (Å²) in [5.74, 6) is 2.01. The molecule has 2 heterocycles. The van der Waals surface area contributed by atoms with Crippen LogP contribution in [-0.4, -0.2) is 20.8 Å². The van der Waals surface area contributed by atoms with Crippen LogP contribution in [0.3, 0.4) is 0 Å². The van der Waals surface area contributed by atoms with Gasteiger partial charge in [-0.25, -0.2) is 9.67 Å². The maximum atomic E-state index is 4.42. The number of nitrogens with one attached hydrogen (secondary N) is 1. The Balaban J connectivity index is 1.77. The monoisotopic (exact) mass is 220 g/mol. The van der Waals surface area contributed by atoms with Crippen molar-refractivity contribution in [3.8, 4) is 0 Å². The molecule has 3 rings (SSSR count). The van der Waals surface area contributed by atoms with Crippen LogP contribution in [0, 0.1) is 5.92 Å². The average molecular weight is 220 g/mol. The van der Waals surface area contributed by atoms with Crippen LogP contribution in [0.5, 0.6) is 0 Å². The van der Waals surface area contributed by atoms with Crippen LogP contribution >= 0.6 is 0 Å². The van der Waals surface area contributed by atoms with Crippen molar-refractivity contribution in [3.63, 3.8) is 0 Å². The van der Waals surface area contributed by atoms with Crippen LogP contribution in [-0.2, 0) is 6.54 Å². The van der Waals surface area contributed by atoms with Crippen molar-refractivity contribution in [2.24, 2.45) is 5.92 Å². The second-order valence-electron chi connectivity index (χ2n) is 5.04. The molecule has 0 amide bonds. The van der Waals surface area contributed by atoms with Gasteiger partial charge in [0.05, 0.1) is 6.04 Å². The maximum absolute atomic E-state index is 4.42. The van der Waals surface area contributed by atoms with Crippen LogP contribution in [0.2, 0.25) is 0 Å². The lowest BCUT2D eigenvalue weighted by molar-refractivity contribution is 0.325. The molecule has 0 spiro atoms. The first-order valence-corrected chi connectivity index (χ1v) is 6.52. The van der Waals surface area contributed by atoms with Crippen LogP contribution in [0.15, 0.2) is 6.33 Å². The molecule has 0 bridgehead atoms. The molecule has 2 aliphatic rings. The summed E-state index contributed by atoms with van der Waals surface area (Å²) in [7, 11) is 0. The molecule has 3 unspecified atom stereocenters. The molecular weight excluding hydrogens is 200 g/mol. The fraction of sp³-hybridized carbons (Fsp3) is 0.833. The largest absolute Gasteiger partial charge is 0.304 e. The quantitative estimate of drug-likeness (QED) is 0.827. The van der Waals surface area contributed by atoms with E-state index in [2.05, 4.69) is 22.3 Å². The summed E-state index contributed by atoms with van der Waals surface area (Å²) in [6.07, 6.45) is 8.49. The zero-order valence-corrected chi connectivity index (χ0v) is 9.89. The minimum Gasteiger partial charge on any atom is -0.304 e. The first kappa shape index (κ1) is 10.3. The Hall–Kier alpha value is -0.900. The highest BCUT2D eigenvalue weighted by atomic mass is 15.3. The van der Waals surface area contributed by atoms with Crippen LogP contribution in [0.4, 0.5) is 0 Å². The lowest BCUT2D eigenvalue weighted by Crippen LogP contribution is -2.31. The normalized spacial score (nSPS) is 33.9. The van der Waals surface area contributed by atoms with E-state index in [0.717, 1.165) is 24.3 Å². The van der Waals surface area contributed by atoms with Gasteiger partial charge in [0.2, 0.25) is 0 Å². The van der Waals surface area contributed by atoms with E-state index in [4.69, 9.17) is 0 Å². The molecule has 1 saturated carbocycles. The van der Waals surface area contributed by atoms with Gasteiger partial charge >= 0.3 is 0 Å². The van der Waals surface area contributed by atoms with E-state index in [9.17, 15) is 0 Å². The van der Waals surface area contributed by atoms with Gasteiger partial charge in [-0.3, -0.25) is 0 Å². The molecule has 88 valence electrons. The number of fused-ring (bicyclic) bond motifs is 1. The van der Waals surface area contributed by atoms with Gasteiger partial charge in [0.15, 0.2) is 0 Å². The predicted octanol–water partition coefficient (Wildman–Crippen LogP) is 1.89. The third-order valence-corrected chi connectivity index (χ3v) is 4.12. The highest BCUT2D eigenvalue weighted by Gasteiger charge is 2.37. The maximum Gasteiger partial charge on any atom is 0.143 e. The molecular formula is C12H20N4. The molecule has 1 aromatic heterocycles. The second kappa shape index (κ2) is 4.17. The summed E-state index contributed by atoms with van der Waals surface area (Å²) >= 11 is 0. The Morgan fingerprint density at radius 3 is 3.12 bits per heavy atom. The Morgan fingerprint density at radius 2 is 2.31 bits per heavy atom. The molecule has 4 heteroatoms. The van der Waals surface area contributed by atoms with Gasteiger partial charge in [-0.2, -0.15) is 5.10 Å². The van der Waals surface area contributed by atoms with E-state index in [0.29, 0.717) is 6.04 Å². The van der Waals surface area contributed by atoms with E-state index in [1.54, 1.807) is 6.33 Å². The fourth-order valence-corrected chi connectivity index (χ4v) is 3.30. The second-order valence-corrected chi connectivity index (χ2v) is 5.04. The van der Waals surface area contributed by atoms with Crippen molar-refractivity contribution in [1.82, 2.24) is 20.1 Å². The van der Waals surface area contributed by atoms with Crippen LogP contribution in [0.25, 0.3) is 0 Å². The summed E-state index contributed by atoms with van der Waals surface area (Å²) in [4.78, 5) is 4.42. The summed E-state index contributed by atoms with van der Waals surface area (Å²) < 4.78 is 2.02. The Kier molecular flexibility index (Phi) is 2.67. The highest BCUT2D eigenvalue weighted by molar-refractivity contribution is 5.03. The smallest absolute Gasteiger partial charge is 0.143 e. The summed E-state index contributed by atoms with van der Waals surface area (Å²) in [6.45, 7) is 3.04. The van der Waals surface area contributed by atoms with Crippen molar-refractivity contribution in [1.29, 1.82) is 0 Å². The Labute approximate surface area is 96.4 Å². The zero-order chi connectivity index (χ0) is 11.0. The molecule has 1 aliphatic carbocycles. The van der Waals surface area contributed by atoms with E-state index in [1.807, 2.05) is 4.68 Å². The van der Waals surface area contributed by atoms with E-state index >= 15 is 0 Å². The first-order valence-electron chi connectivity index (χ1n) is 6.52. The molecule has 1 N–H and O–H groups in total.